The second-order valence-corrected chi connectivity index (χ2v) is 7.02. The van der Waals surface area contributed by atoms with Crippen molar-refractivity contribution in [1.29, 1.82) is 0 Å². The van der Waals surface area contributed by atoms with E-state index in [0.717, 1.165) is 37.1 Å². The van der Waals surface area contributed by atoms with Gasteiger partial charge in [-0.25, -0.2) is 0 Å². The predicted molar refractivity (Wildman–Crippen MR) is 111 cm³/mol. The van der Waals surface area contributed by atoms with Gasteiger partial charge in [-0.1, -0.05) is 66.7 Å². The van der Waals surface area contributed by atoms with E-state index in [4.69, 9.17) is 0 Å². The molecule has 1 aliphatic rings. The molecule has 0 bridgehead atoms. The first-order valence-electron chi connectivity index (χ1n) is 9.54. The van der Waals surface area contributed by atoms with Crippen molar-refractivity contribution >= 4 is 17.3 Å². The Hall–Kier alpha value is -3.07. The Morgan fingerprint density at radius 2 is 1.63 bits per heavy atom. The van der Waals surface area contributed by atoms with Crippen molar-refractivity contribution in [2.75, 3.05) is 23.3 Å². The highest BCUT2D eigenvalue weighted by Crippen LogP contribution is 2.26. The van der Waals surface area contributed by atoms with Crippen LogP contribution in [0.25, 0.3) is 0 Å². The maximum atomic E-state index is 12.7. The molecular formula is C24H24N2O. The number of aryl methyl sites for hydroxylation is 1. The smallest absolute Gasteiger partial charge is 0.243 e. The number of fused-ring (bicyclic) bond motifs is 1. The average molecular weight is 356 g/mol. The van der Waals surface area contributed by atoms with Crippen LogP contribution >= 0.6 is 0 Å². The summed E-state index contributed by atoms with van der Waals surface area (Å²) in [6.07, 6.45) is 2.99. The summed E-state index contributed by atoms with van der Waals surface area (Å²) in [5.74, 6) is 0.0345. The van der Waals surface area contributed by atoms with Crippen molar-refractivity contribution in [2.45, 2.75) is 19.3 Å². The molecule has 3 aromatic rings. The van der Waals surface area contributed by atoms with Gasteiger partial charge in [-0.2, -0.15) is 0 Å². The van der Waals surface area contributed by atoms with Gasteiger partial charge in [0.05, 0.1) is 6.54 Å². The first kappa shape index (κ1) is 17.3. The topological polar surface area (TPSA) is 32.3 Å². The quantitative estimate of drug-likeness (QED) is 0.720. The van der Waals surface area contributed by atoms with Gasteiger partial charge in [0.1, 0.15) is 0 Å². The molecule has 0 unspecified atom stereocenters. The molecule has 1 heterocycles. The zero-order valence-corrected chi connectivity index (χ0v) is 15.4. The highest BCUT2D eigenvalue weighted by Gasteiger charge is 2.19. The second-order valence-electron chi connectivity index (χ2n) is 7.02. The van der Waals surface area contributed by atoms with E-state index in [2.05, 4.69) is 46.6 Å². The minimum Gasteiger partial charge on any atom is -0.362 e. The average Bonchev–Trinajstić information content (AvgIpc) is 2.71. The number of para-hydroxylation sites is 2. The molecule has 0 atom stereocenters. The Labute approximate surface area is 160 Å². The number of carbonyl (C=O) groups is 1. The van der Waals surface area contributed by atoms with E-state index in [1.54, 1.807) is 0 Å². The lowest BCUT2D eigenvalue weighted by atomic mass is 10.0. The van der Waals surface area contributed by atoms with Crippen LogP contribution in [-0.4, -0.2) is 19.0 Å². The van der Waals surface area contributed by atoms with Crippen LogP contribution in [0.2, 0.25) is 0 Å². The van der Waals surface area contributed by atoms with Crippen LogP contribution in [0.15, 0.2) is 78.9 Å². The number of nitrogens with zero attached hydrogens (tertiary/aromatic N) is 1. The molecule has 0 aliphatic carbocycles. The van der Waals surface area contributed by atoms with Crippen LogP contribution in [0, 0.1) is 0 Å². The Kier molecular flexibility index (Phi) is 5.20. The van der Waals surface area contributed by atoms with Crippen LogP contribution in [0.4, 0.5) is 11.4 Å². The highest BCUT2D eigenvalue weighted by molar-refractivity contribution is 5.95. The normalized spacial score (nSPS) is 13.1. The van der Waals surface area contributed by atoms with Gasteiger partial charge in [-0.15, -0.1) is 0 Å². The summed E-state index contributed by atoms with van der Waals surface area (Å²) in [5, 5.41) is 3.13. The second kappa shape index (κ2) is 8.09. The largest absolute Gasteiger partial charge is 0.362 e. The minimum atomic E-state index is 0.0345. The third kappa shape index (κ3) is 4.20. The molecule has 3 heteroatoms. The molecule has 3 nitrogen and oxygen atoms in total. The van der Waals surface area contributed by atoms with E-state index in [1.807, 2.05) is 42.5 Å². The third-order valence-corrected chi connectivity index (χ3v) is 5.07. The standard InChI is InChI=1S/C24H24N2O/c27-24(18-26-16-8-13-20-11-5-7-15-23(20)26)25-22-14-6-4-12-21(22)17-19-9-2-1-3-10-19/h1-7,9-12,14-15H,8,13,16-18H2,(H,25,27). The number of nitrogens with one attached hydrogen (secondary N) is 1. The fourth-order valence-electron chi connectivity index (χ4n) is 3.75. The molecule has 136 valence electrons. The minimum absolute atomic E-state index is 0.0345. The number of anilines is 2. The van der Waals surface area contributed by atoms with Crippen LogP contribution in [0.1, 0.15) is 23.1 Å². The highest BCUT2D eigenvalue weighted by atomic mass is 16.2. The Balaban J connectivity index is 1.46. The molecule has 1 amide bonds. The van der Waals surface area contributed by atoms with Gasteiger partial charge in [0, 0.05) is 17.9 Å². The van der Waals surface area contributed by atoms with E-state index in [9.17, 15) is 4.79 Å². The summed E-state index contributed by atoms with van der Waals surface area (Å²) in [5.41, 5.74) is 5.80. The van der Waals surface area contributed by atoms with Crippen molar-refractivity contribution in [3.63, 3.8) is 0 Å². The molecule has 0 saturated heterocycles. The number of amides is 1. The van der Waals surface area contributed by atoms with Gasteiger partial charge < -0.3 is 10.2 Å². The molecule has 0 radical (unpaired) electrons. The first-order valence-corrected chi connectivity index (χ1v) is 9.54. The molecule has 27 heavy (non-hydrogen) atoms. The van der Waals surface area contributed by atoms with Crippen molar-refractivity contribution in [1.82, 2.24) is 0 Å². The van der Waals surface area contributed by atoms with Gasteiger partial charge in [0.25, 0.3) is 0 Å². The van der Waals surface area contributed by atoms with E-state index >= 15 is 0 Å². The molecule has 0 spiro atoms. The van der Waals surface area contributed by atoms with Gasteiger partial charge >= 0.3 is 0 Å². The van der Waals surface area contributed by atoms with Crippen LogP contribution in [0.5, 0.6) is 0 Å². The van der Waals surface area contributed by atoms with E-state index < -0.39 is 0 Å². The molecule has 1 aliphatic heterocycles. The zero-order valence-electron chi connectivity index (χ0n) is 15.4. The Bertz CT molecular complexity index is 920. The van der Waals surface area contributed by atoms with Gasteiger partial charge in [-0.05, 0) is 48.1 Å². The number of rotatable bonds is 5. The third-order valence-electron chi connectivity index (χ3n) is 5.07. The molecule has 0 aromatic heterocycles. The predicted octanol–water partition coefficient (Wildman–Crippen LogP) is 4.67. The van der Waals surface area contributed by atoms with E-state index in [-0.39, 0.29) is 5.91 Å². The fraction of sp³-hybridized carbons (Fsp3) is 0.208. The van der Waals surface area contributed by atoms with Crippen molar-refractivity contribution in [3.8, 4) is 0 Å². The molecule has 0 saturated carbocycles. The SMILES string of the molecule is O=C(CN1CCCc2ccccc21)Nc1ccccc1Cc1ccccc1. The summed E-state index contributed by atoms with van der Waals surface area (Å²) in [4.78, 5) is 14.9. The van der Waals surface area contributed by atoms with Crippen LogP contribution in [-0.2, 0) is 17.6 Å². The van der Waals surface area contributed by atoms with E-state index in [1.165, 1.54) is 16.8 Å². The van der Waals surface area contributed by atoms with Crippen molar-refractivity contribution in [3.05, 3.63) is 95.6 Å². The number of hydrogen-bond acceptors (Lipinski definition) is 2. The lowest BCUT2D eigenvalue weighted by Crippen LogP contribution is -2.36. The number of carbonyl (C=O) groups excluding carboxylic acids is 1. The lowest BCUT2D eigenvalue weighted by molar-refractivity contribution is -0.115. The maximum Gasteiger partial charge on any atom is 0.243 e. The Morgan fingerprint density at radius 3 is 2.52 bits per heavy atom. The lowest BCUT2D eigenvalue weighted by Gasteiger charge is -2.30. The Morgan fingerprint density at radius 1 is 0.889 bits per heavy atom. The van der Waals surface area contributed by atoms with Gasteiger partial charge in [0.2, 0.25) is 5.91 Å². The summed E-state index contributed by atoms with van der Waals surface area (Å²) < 4.78 is 0. The maximum absolute atomic E-state index is 12.7. The van der Waals surface area contributed by atoms with E-state index in [0.29, 0.717) is 6.54 Å². The summed E-state index contributed by atoms with van der Waals surface area (Å²) in [7, 11) is 0. The zero-order chi connectivity index (χ0) is 18.5. The fourth-order valence-corrected chi connectivity index (χ4v) is 3.75. The van der Waals surface area contributed by atoms with Crippen molar-refractivity contribution in [2.24, 2.45) is 0 Å². The van der Waals surface area contributed by atoms with Gasteiger partial charge in [-0.3, -0.25) is 4.79 Å². The van der Waals surface area contributed by atoms with Crippen LogP contribution < -0.4 is 10.2 Å². The van der Waals surface area contributed by atoms with Crippen molar-refractivity contribution < 1.29 is 4.79 Å². The van der Waals surface area contributed by atoms with Gasteiger partial charge in [0.15, 0.2) is 0 Å². The molecule has 1 N–H and O–H groups in total. The molecular weight excluding hydrogens is 332 g/mol. The number of benzene rings is 3. The summed E-state index contributed by atoms with van der Waals surface area (Å²) >= 11 is 0. The molecule has 4 rings (SSSR count). The first-order chi connectivity index (χ1) is 13.3. The molecule has 0 fully saturated rings. The number of hydrogen-bond donors (Lipinski definition) is 1. The summed E-state index contributed by atoms with van der Waals surface area (Å²) in [6, 6.07) is 26.8. The summed E-state index contributed by atoms with van der Waals surface area (Å²) in [6.45, 7) is 1.31. The monoisotopic (exact) mass is 356 g/mol. The van der Waals surface area contributed by atoms with Crippen LogP contribution in [0.3, 0.4) is 0 Å². The molecule has 3 aromatic carbocycles.